The largest absolute Gasteiger partial charge is 0.369 e. The molecular weight excluding hydrogens is 356 g/mol. The lowest BCUT2D eigenvalue weighted by atomic mass is 9.99. The minimum Gasteiger partial charge on any atom is -0.369 e. The van der Waals surface area contributed by atoms with Gasteiger partial charge in [0.2, 0.25) is 0 Å². The molecule has 2 heterocycles. The molecule has 0 saturated carbocycles. The predicted molar refractivity (Wildman–Crippen MR) is 119 cm³/mol. The molecule has 144 valence electrons. The highest BCUT2D eigenvalue weighted by Crippen LogP contribution is 2.42. The van der Waals surface area contributed by atoms with Crippen LogP contribution in [0.1, 0.15) is 11.1 Å². The SMILES string of the molecule is CN1CCN(c2ccc3nc(-c4cccc5c4-c4ccccc4C5)[nH]c3c2)CC1. The number of nitrogens with zero attached hydrogens (tertiary/aromatic N) is 3. The van der Waals surface area contributed by atoms with E-state index in [-0.39, 0.29) is 0 Å². The number of aromatic nitrogens is 2. The number of aromatic amines is 1. The fourth-order valence-electron chi connectivity index (χ4n) is 4.77. The number of imidazole rings is 1. The van der Waals surface area contributed by atoms with E-state index in [1.165, 1.54) is 33.5 Å². The molecule has 29 heavy (non-hydrogen) atoms. The third-order valence-corrected chi connectivity index (χ3v) is 6.41. The monoisotopic (exact) mass is 380 g/mol. The minimum absolute atomic E-state index is 0.962. The summed E-state index contributed by atoms with van der Waals surface area (Å²) in [5, 5.41) is 0. The topological polar surface area (TPSA) is 35.2 Å². The van der Waals surface area contributed by atoms with Gasteiger partial charge in [0, 0.05) is 37.4 Å². The van der Waals surface area contributed by atoms with Crippen LogP contribution in [0.15, 0.2) is 60.7 Å². The Hall–Kier alpha value is -3.11. The zero-order chi connectivity index (χ0) is 19.4. The second kappa shape index (κ2) is 6.46. The van der Waals surface area contributed by atoms with E-state index in [9.17, 15) is 0 Å². The van der Waals surface area contributed by atoms with Crippen molar-refractivity contribution in [3.8, 4) is 22.5 Å². The first-order valence-electron chi connectivity index (χ1n) is 10.4. The third-order valence-electron chi connectivity index (χ3n) is 6.41. The van der Waals surface area contributed by atoms with Crippen molar-refractivity contribution < 1.29 is 0 Å². The molecule has 1 fully saturated rings. The first-order chi connectivity index (χ1) is 14.3. The molecule has 0 radical (unpaired) electrons. The fourth-order valence-corrected chi connectivity index (χ4v) is 4.77. The number of hydrogen-bond acceptors (Lipinski definition) is 3. The Morgan fingerprint density at radius 2 is 1.62 bits per heavy atom. The summed E-state index contributed by atoms with van der Waals surface area (Å²) >= 11 is 0. The molecule has 1 saturated heterocycles. The van der Waals surface area contributed by atoms with Crippen molar-refractivity contribution in [2.75, 3.05) is 38.1 Å². The minimum atomic E-state index is 0.962. The number of hydrogen-bond donors (Lipinski definition) is 1. The summed E-state index contributed by atoms with van der Waals surface area (Å²) in [5.41, 5.74) is 10.1. The Balaban J connectivity index is 1.42. The van der Waals surface area contributed by atoms with Crippen molar-refractivity contribution >= 4 is 16.7 Å². The molecule has 1 aliphatic heterocycles. The van der Waals surface area contributed by atoms with E-state index in [4.69, 9.17) is 4.98 Å². The molecule has 0 spiro atoms. The van der Waals surface area contributed by atoms with Crippen molar-refractivity contribution in [3.63, 3.8) is 0 Å². The van der Waals surface area contributed by atoms with Crippen molar-refractivity contribution in [1.82, 2.24) is 14.9 Å². The van der Waals surface area contributed by atoms with E-state index in [1.807, 2.05) is 0 Å². The second-order valence-corrected chi connectivity index (χ2v) is 8.25. The van der Waals surface area contributed by atoms with Crippen LogP contribution in [0.25, 0.3) is 33.5 Å². The molecule has 1 aromatic heterocycles. The normalized spacial score (nSPS) is 16.2. The van der Waals surface area contributed by atoms with E-state index < -0.39 is 0 Å². The number of anilines is 1. The molecule has 1 N–H and O–H groups in total. The molecule has 2 aliphatic rings. The first-order valence-corrected chi connectivity index (χ1v) is 10.4. The average molecular weight is 380 g/mol. The van der Waals surface area contributed by atoms with Gasteiger partial charge in [-0.3, -0.25) is 0 Å². The Labute approximate surface area is 170 Å². The number of benzene rings is 3. The number of H-pyrrole nitrogens is 1. The number of rotatable bonds is 2. The molecule has 4 nitrogen and oxygen atoms in total. The lowest BCUT2D eigenvalue weighted by molar-refractivity contribution is 0.313. The van der Waals surface area contributed by atoms with Gasteiger partial charge in [0.05, 0.1) is 11.0 Å². The van der Waals surface area contributed by atoms with E-state index in [2.05, 4.69) is 82.5 Å². The Morgan fingerprint density at radius 1 is 0.828 bits per heavy atom. The predicted octanol–water partition coefficient (Wildman–Crippen LogP) is 4.55. The summed E-state index contributed by atoms with van der Waals surface area (Å²) in [5.74, 6) is 0.962. The highest BCUT2D eigenvalue weighted by molar-refractivity contribution is 5.91. The van der Waals surface area contributed by atoms with Gasteiger partial charge < -0.3 is 14.8 Å². The molecule has 4 aromatic rings. The average Bonchev–Trinajstić information content (AvgIpc) is 3.35. The summed E-state index contributed by atoms with van der Waals surface area (Å²) < 4.78 is 0. The molecule has 1 aliphatic carbocycles. The van der Waals surface area contributed by atoms with E-state index in [1.54, 1.807) is 0 Å². The summed E-state index contributed by atoms with van der Waals surface area (Å²) in [7, 11) is 2.19. The molecule has 0 atom stereocenters. The molecule has 6 rings (SSSR count). The van der Waals surface area contributed by atoms with Crippen LogP contribution in [0.3, 0.4) is 0 Å². The summed E-state index contributed by atoms with van der Waals surface area (Å²) in [4.78, 5) is 13.4. The van der Waals surface area contributed by atoms with Gasteiger partial charge in [-0.2, -0.15) is 0 Å². The number of fused-ring (bicyclic) bond motifs is 4. The summed E-state index contributed by atoms with van der Waals surface area (Å²) in [6.45, 7) is 4.38. The maximum absolute atomic E-state index is 4.95. The standard InChI is InChI=1S/C25H24N4/c1-28-11-13-29(14-12-28)19-9-10-22-23(16-19)27-25(26-22)21-8-4-6-18-15-17-5-2-3-7-20(17)24(18)21/h2-10,16H,11-15H2,1H3,(H,26,27). The van der Waals surface area contributed by atoms with Crippen molar-refractivity contribution in [2.24, 2.45) is 0 Å². The maximum atomic E-state index is 4.95. The Morgan fingerprint density at radius 3 is 2.52 bits per heavy atom. The zero-order valence-corrected chi connectivity index (χ0v) is 16.7. The van der Waals surface area contributed by atoms with Crippen molar-refractivity contribution in [1.29, 1.82) is 0 Å². The molecule has 4 heteroatoms. The molecule has 0 unspecified atom stereocenters. The van der Waals surface area contributed by atoms with E-state index >= 15 is 0 Å². The number of piperazine rings is 1. The van der Waals surface area contributed by atoms with Crippen LogP contribution in [0, 0.1) is 0 Å². The first kappa shape index (κ1) is 16.8. The fraction of sp³-hybridized carbons (Fsp3) is 0.240. The van der Waals surface area contributed by atoms with Gasteiger partial charge in [0.1, 0.15) is 5.82 Å². The highest BCUT2D eigenvalue weighted by Gasteiger charge is 2.23. The van der Waals surface area contributed by atoms with Gasteiger partial charge in [-0.25, -0.2) is 4.98 Å². The third kappa shape index (κ3) is 2.75. The van der Waals surface area contributed by atoms with Gasteiger partial charge in [-0.15, -0.1) is 0 Å². The quantitative estimate of drug-likeness (QED) is 0.488. The van der Waals surface area contributed by atoms with E-state index in [0.29, 0.717) is 0 Å². The van der Waals surface area contributed by atoms with Crippen molar-refractivity contribution in [3.05, 3.63) is 71.8 Å². The van der Waals surface area contributed by atoms with Crippen LogP contribution in [0.5, 0.6) is 0 Å². The van der Waals surface area contributed by atoms with Gasteiger partial charge in [0.15, 0.2) is 0 Å². The van der Waals surface area contributed by atoms with Crippen molar-refractivity contribution in [2.45, 2.75) is 6.42 Å². The van der Waals surface area contributed by atoms with Gasteiger partial charge in [0.25, 0.3) is 0 Å². The van der Waals surface area contributed by atoms with Crippen LogP contribution in [-0.4, -0.2) is 48.1 Å². The Kier molecular flexibility index (Phi) is 3.74. The van der Waals surface area contributed by atoms with Gasteiger partial charge in [-0.1, -0.05) is 42.5 Å². The number of nitrogens with one attached hydrogen (secondary N) is 1. The molecule has 3 aromatic carbocycles. The molecular formula is C25H24N4. The second-order valence-electron chi connectivity index (χ2n) is 8.25. The van der Waals surface area contributed by atoms with Crippen LogP contribution >= 0.6 is 0 Å². The zero-order valence-electron chi connectivity index (χ0n) is 16.7. The van der Waals surface area contributed by atoms with Crippen LogP contribution in [-0.2, 0) is 6.42 Å². The van der Waals surface area contributed by atoms with Crippen LogP contribution < -0.4 is 4.90 Å². The molecule has 0 amide bonds. The Bertz CT molecular complexity index is 1210. The lowest BCUT2D eigenvalue weighted by Gasteiger charge is -2.34. The maximum Gasteiger partial charge on any atom is 0.139 e. The van der Waals surface area contributed by atoms with Crippen LogP contribution in [0.4, 0.5) is 5.69 Å². The van der Waals surface area contributed by atoms with Gasteiger partial charge >= 0.3 is 0 Å². The smallest absolute Gasteiger partial charge is 0.139 e. The van der Waals surface area contributed by atoms with Gasteiger partial charge in [-0.05, 0) is 53.9 Å². The number of likely N-dealkylation sites (N-methyl/N-ethyl adjacent to an activating group) is 1. The summed E-state index contributed by atoms with van der Waals surface area (Å²) in [6, 6.07) is 21.9. The lowest BCUT2D eigenvalue weighted by Crippen LogP contribution is -2.44. The highest BCUT2D eigenvalue weighted by atomic mass is 15.2. The van der Waals surface area contributed by atoms with Crippen LogP contribution in [0.2, 0.25) is 0 Å². The van der Waals surface area contributed by atoms with E-state index in [0.717, 1.165) is 49.5 Å². The summed E-state index contributed by atoms with van der Waals surface area (Å²) in [6.07, 6.45) is 1.01. The molecule has 0 bridgehead atoms.